The Labute approximate surface area is 111 Å². The lowest BCUT2D eigenvalue weighted by Gasteiger charge is -2.28. The molecule has 0 spiro atoms. The zero-order valence-electron chi connectivity index (χ0n) is 12.1. The zero-order valence-corrected chi connectivity index (χ0v) is 12.1. The van der Waals surface area contributed by atoms with Gasteiger partial charge in [-0.15, -0.1) is 0 Å². The highest BCUT2D eigenvalue weighted by atomic mass is 16.2. The maximum absolute atomic E-state index is 12.0. The summed E-state index contributed by atoms with van der Waals surface area (Å²) in [6, 6.07) is -0.00513. The zero-order chi connectivity index (χ0) is 13.5. The number of likely N-dealkylation sites (N-methyl/N-ethyl adjacent to an activating group) is 1. The highest BCUT2D eigenvalue weighted by molar-refractivity contribution is 5.80. The van der Waals surface area contributed by atoms with Crippen molar-refractivity contribution < 1.29 is 4.79 Å². The highest BCUT2D eigenvalue weighted by Crippen LogP contribution is 2.09. The fourth-order valence-electron chi connectivity index (χ4n) is 2.45. The first kappa shape index (κ1) is 15.4. The molecule has 1 unspecified atom stereocenters. The van der Waals surface area contributed by atoms with E-state index < -0.39 is 0 Å². The Bertz CT molecular complexity index is 257. The van der Waals surface area contributed by atoms with Crippen LogP contribution in [0.25, 0.3) is 0 Å². The SMILES string of the molecule is CC(C(=O)N(C)C)N1CCCN(CCCN)CC1. The molecule has 1 heterocycles. The third-order valence-electron chi connectivity index (χ3n) is 3.65. The lowest BCUT2D eigenvalue weighted by atomic mass is 10.2. The van der Waals surface area contributed by atoms with E-state index in [9.17, 15) is 4.79 Å². The molecule has 18 heavy (non-hydrogen) atoms. The Balaban J connectivity index is 2.43. The number of amides is 1. The van der Waals surface area contributed by atoms with Gasteiger partial charge in [-0.3, -0.25) is 9.69 Å². The molecule has 0 aromatic heterocycles. The average molecular weight is 256 g/mol. The molecule has 0 aliphatic carbocycles. The van der Waals surface area contributed by atoms with Crippen molar-refractivity contribution in [3.05, 3.63) is 0 Å². The van der Waals surface area contributed by atoms with Crippen molar-refractivity contribution in [3.63, 3.8) is 0 Å². The van der Waals surface area contributed by atoms with Crippen LogP contribution >= 0.6 is 0 Å². The highest BCUT2D eigenvalue weighted by Gasteiger charge is 2.24. The van der Waals surface area contributed by atoms with E-state index in [0.29, 0.717) is 0 Å². The predicted molar refractivity (Wildman–Crippen MR) is 74.5 cm³/mol. The Kier molecular flexibility index (Phi) is 6.60. The molecule has 1 saturated heterocycles. The summed E-state index contributed by atoms with van der Waals surface area (Å²) >= 11 is 0. The van der Waals surface area contributed by atoms with Gasteiger partial charge in [-0.1, -0.05) is 0 Å². The van der Waals surface area contributed by atoms with E-state index >= 15 is 0 Å². The molecule has 0 radical (unpaired) electrons. The molecule has 1 amide bonds. The molecule has 0 bridgehead atoms. The van der Waals surface area contributed by atoms with Crippen molar-refractivity contribution in [2.24, 2.45) is 5.73 Å². The second-order valence-electron chi connectivity index (χ2n) is 5.28. The summed E-state index contributed by atoms with van der Waals surface area (Å²) in [5.74, 6) is 0.199. The molecule has 1 aliphatic rings. The minimum atomic E-state index is -0.00513. The van der Waals surface area contributed by atoms with E-state index in [1.807, 2.05) is 21.0 Å². The van der Waals surface area contributed by atoms with E-state index in [-0.39, 0.29) is 11.9 Å². The molecule has 5 nitrogen and oxygen atoms in total. The first-order valence-corrected chi connectivity index (χ1v) is 6.94. The Morgan fingerprint density at radius 1 is 1.28 bits per heavy atom. The lowest BCUT2D eigenvalue weighted by Crippen LogP contribution is -2.46. The van der Waals surface area contributed by atoms with Crippen LogP contribution in [0, 0.1) is 0 Å². The second-order valence-corrected chi connectivity index (χ2v) is 5.28. The van der Waals surface area contributed by atoms with Gasteiger partial charge >= 0.3 is 0 Å². The van der Waals surface area contributed by atoms with E-state index in [1.54, 1.807) is 4.90 Å². The van der Waals surface area contributed by atoms with Gasteiger partial charge in [0, 0.05) is 33.7 Å². The summed E-state index contributed by atoms with van der Waals surface area (Å²) < 4.78 is 0. The van der Waals surface area contributed by atoms with Gasteiger partial charge in [0.15, 0.2) is 0 Å². The van der Waals surface area contributed by atoms with Crippen molar-refractivity contribution in [1.29, 1.82) is 0 Å². The van der Waals surface area contributed by atoms with Gasteiger partial charge in [-0.05, 0) is 39.4 Å². The fraction of sp³-hybridized carbons (Fsp3) is 0.923. The van der Waals surface area contributed by atoms with Crippen molar-refractivity contribution in [1.82, 2.24) is 14.7 Å². The number of hydrogen-bond acceptors (Lipinski definition) is 4. The van der Waals surface area contributed by atoms with Crippen LogP contribution in [0.3, 0.4) is 0 Å². The minimum Gasteiger partial charge on any atom is -0.347 e. The smallest absolute Gasteiger partial charge is 0.239 e. The lowest BCUT2D eigenvalue weighted by molar-refractivity contribution is -0.133. The first-order valence-electron chi connectivity index (χ1n) is 6.94. The number of carbonyl (C=O) groups is 1. The normalized spacial score (nSPS) is 20.4. The summed E-state index contributed by atoms with van der Waals surface area (Å²) in [7, 11) is 3.65. The van der Waals surface area contributed by atoms with Gasteiger partial charge in [0.1, 0.15) is 0 Å². The average Bonchev–Trinajstić information content (AvgIpc) is 2.59. The van der Waals surface area contributed by atoms with Crippen LogP contribution in [0.2, 0.25) is 0 Å². The molecule has 1 aliphatic heterocycles. The second kappa shape index (κ2) is 7.71. The summed E-state index contributed by atoms with van der Waals surface area (Å²) in [6.45, 7) is 8.02. The molecule has 1 fully saturated rings. The van der Waals surface area contributed by atoms with E-state index in [4.69, 9.17) is 5.73 Å². The molecule has 5 heteroatoms. The molecular formula is C13H28N4O. The van der Waals surface area contributed by atoms with Gasteiger partial charge in [-0.25, -0.2) is 0 Å². The van der Waals surface area contributed by atoms with Crippen LogP contribution in [-0.4, -0.2) is 80.0 Å². The van der Waals surface area contributed by atoms with Crippen molar-refractivity contribution in [3.8, 4) is 0 Å². The van der Waals surface area contributed by atoms with Gasteiger partial charge in [0.05, 0.1) is 6.04 Å². The number of nitrogens with two attached hydrogens (primary N) is 1. The van der Waals surface area contributed by atoms with Gasteiger partial charge < -0.3 is 15.5 Å². The molecule has 1 rings (SSSR count). The van der Waals surface area contributed by atoms with Crippen LogP contribution in [0.5, 0.6) is 0 Å². The van der Waals surface area contributed by atoms with Crippen molar-refractivity contribution in [2.45, 2.75) is 25.8 Å². The summed E-state index contributed by atoms with van der Waals surface area (Å²) in [5.41, 5.74) is 5.55. The van der Waals surface area contributed by atoms with Crippen molar-refractivity contribution >= 4 is 5.91 Å². The fourth-order valence-corrected chi connectivity index (χ4v) is 2.45. The molecule has 0 aromatic rings. The quantitative estimate of drug-likeness (QED) is 0.741. The predicted octanol–water partition coefficient (Wildman–Crippen LogP) is -0.180. The molecule has 0 aromatic carbocycles. The monoisotopic (exact) mass is 256 g/mol. The largest absolute Gasteiger partial charge is 0.347 e. The molecule has 0 saturated carbocycles. The maximum atomic E-state index is 12.0. The Morgan fingerprint density at radius 3 is 2.61 bits per heavy atom. The molecule has 106 valence electrons. The third-order valence-corrected chi connectivity index (χ3v) is 3.65. The number of rotatable bonds is 5. The minimum absolute atomic E-state index is 0.00513. The molecule has 2 N–H and O–H groups in total. The van der Waals surface area contributed by atoms with E-state index in [0.717, 1.165) is 52.1 Å². The number of hydrogen-bond donors (Lipinski definition) is 1. The summed E-state index contributed by atoms with van der Waals surface area (Å²) in [6.07, 6.45) is 2.20. The first-order chi connectivity index (χ1) is 8.56. The number of carbonyl (C=O) groups excluding carboxylic acids is 1. The van der Waals surface area contributed by atoms with Gasteiger partial charge in [0.25, 0.3) is 0 Å². The van der Waals surface area contributed by atoms with Crippen LogP contribution < -0.4 is 5.73 Å². The summed E-state index contributed by atoms with van der Waals surface area (Å²) in [5, 5.41) is 0. The van der Waals surface area contributed by atoms with Crippen LogP contribution in [0.15, 0.2) is 0 Å². The van der Waals surface area contributed by atoms with Crippen LogP contribution in [0.4, 0.5) is 0 Å². The third kappa shape index (κ3) is 4.55. The Morgan fingerprint density at radius 2 is 2.00 bits per heavy atom. The standard InChI is InChI=1S/C13H28N4O/c1-12(13(18)15(2)3)17-9-5-8-16(10-11-17)7-4-6-14/h12H,4-11,14H2,1-3H3. The van der Waals surface area contributed by atoms with Gasteiger partial charge in [0.2, 0.25) is 5.91 Å². The Hall–Kier alpha value is -0.650. The van der Waals surface area contributed by atoms with Gasteiger partial charge in [-0.2, -0.15) is 0 Å². The van der Waals surface area contributed by atoms with E-state index in [1.165, 1.54) is 0 Å². The van der Waals surface area contributed by atoms with Crippen LogP contribution in [-0.2, 0) is 4.79 Å². The maximum Gasteiger partial charge on any atom is 0.239 e. The topological polar surface area (TPSA) is 52.8 Å². The summed E-state index contributed by atoms with van der Waals surface area (Å²) in [4.78, 5) is 18.4. The molecule has 1 atom stereocenters. The van der Waals surface area contributed by atoms with E-state index in [2.05, 4.69) is 9.80 Å². The van der Waals surface area contributed by atoms with Crippen LogP contribution in [0.1, 0.15) is 19.8 Å². The van der Waals surface area contributed by atoms with Crippen molar-refractivity contribution in [2.75, 3.05) is 53.4 Å². The number of nitrogens with zero attached hydrogens (tertiary/aromatic N) is 3. The molecular weight excluding hydrogens is 228 g/mol.